The van der Waals surface area contributed by atoms with Gasteiger partial charge in [-0.05, 0) is 90.4 Å². The van der Waals surface area contributed by atoms with Gasteiger partial charge < -0.3 is 20.9 Å². The van der Waals surface area contributed by atoms with E-state index in [9.17, 15) is 19.5 Å². The third kappa shape index (κ3) is 18.6. The molecular formula is C47H83N5O5. The number of nitrogens with one attached hydrogen (secondary N) is 4. The quantitative estimate of drug-likeness (QED) is 0.00829. The van der Waals surface area contributed by atoms with Gasteiger partial charge in [0.1, 0.15) is 17.2 Å². The number of carbonyl (C=O) groups excluding carboxylic acids is 3. The standard InChI is InChI=1S/C47H83N5O5/c1-8-9-23-39(42(54)31-38(28-35-19-13-10-11-14-20-35)41(53)30-37(34(4)5)27-26-33(2)3)50-45(55)40(29-36-21-15-12-16-22-36)51-47(7,56)43(52-46(6)32-57-46)24-17-18-25-44(48)49/h35-40,43,51-52,56H,2,4,8-32H2,1,3,5-7H3,(H3,48,49)(H,50,55). The highest BCUT2D eigenvalue weighted by Gasteiger charge is 2.46. The predicted molar refractivity (Wildman–Crippen MR) is 233 cm³/mol. The lowest BCUT2D eigenvalue weighted by Crippen LogP contribution is -2.65. The van der Waals surface area contributed by atoms with Gasteiger partial charge in [-0.25, -0.2) is 0 Å². The highest BCUT2D eigenvalue weighted by molar-refractivity contribution is 5.94. The molecule has 10 nitrogen and oxygen atoms in total. The van der Waals surface area contributed by atoms with Gasteiger partial charge in [0, 0.05) is 25.2 Å². The number of ether oxygens (including phenoxy) is 1. The first kappa shape index (κ1) is 49.0. The van der Waals surface area contributed by atoms with Gasteiger partial charge >= 0.3 is 0 Å². The highest BCUT2D eigenvalue weighted by Crippen LogP contribution is 2.34. The first-order valence-corrected chi connectivity index (χ1v) is 22.9. The number of nitrogens with two attached hydrogens (primary N) is 1. The molecule has 7 N–H and O–H groups in total. The summed E-state index contributed by atoms with van der Waals surface area (Å²) in [5, 5.41) is 29.9. The van der Waals surface area contributed by atoms with Crippen LogP contribution in [0.5, 0.6) is 0 Å². The van der Waals surface area contributed by atoms with E-state index < -0.39 is 29.6 Å². The Labute approximate surface area is 346 Å². The summed E-state index contributed by atoms with van der Waals surface area (Å²) in [6, 6.07) is -1.87. The van der Waals surface area contributed by atoms with Gasteiger partial charge in [0.05, 0.1) is 30.6 Å². The van der Waals surface area contributed by atoms with Gasteiger partial charge in [-0.3, -0.25) is 30.4 Å². The van der Waals surface area contributed by atoms with Gasteiger partial charge in [0.2, 0.25) is 5.91 Å². The third-order valence-electron chi connectivity index (χ3n) is 13.1. The average Bonchev–Trinajstić information content (AvgIpc) is 3.94. The van der Waals surface area contributed by atoms with E-state index in [4.69, 9.17) is 15.9 Å². The van der Waals surface area contributed by atoms with E-state index in [1.807, 2.05) is 20.8 Å². The minimum absolute atomic E-state index is 0.0532. The van der Waals surface area contributed by atoms with Crippen molar-refractivity contribution < 1.29 is 24.2 Å². The van der Waals surface area contributed by atoms with Crippen molar-refractivity contribution in [2.45, 2.75) is 218 Å². The molecule has 7 atom stereocenters. The van der Waals surface area contributed by atoms with Crippen LogP contribution in [0.4, 0.5) is 0 Å². The molecule has 2 saturated carbocycles. The SMILES string of the molecule is C=C(C)CCC(CC(=O)C(CC(=O)C(CCCC)NC(=O)C(CC1CCCCC1)NC(C)(O)C(CCCCC(=N)N)NC1(C)CO1)CC1CCCCCC1)C(=C)C. The van der Waals surface area contributed by atoms with Crippen LogP contribution in [-0.2, 0) is 19.1 Å². The summed E-state index contributed by atoms with van der Waals surface area (Å²) in [5.74, 6) is 0.386. The Bertz CT molecular complexity index is 1300. The minimum atomic E-state index is -1.48. The summed E-state index contributed by atoms with van der Waals surface area (Å²) >= 11 is 0. The van der Waals surface area contributed by atoms with E-state index >= 15 is 0 Å². The molecule has 0 bridgehead atoms. The molecule has 0 aromatic heterocycles. The summed E-state index contributed by atoms with van der Waals surface area (Å²) in [5.41, 5.74) is 5.68. The maximum Gasteiger partial charge on any atom is 0.237 e. The number of amides is 1. The number of allylic oxidation sites excluding steroid dienone is 2. The van der Waals surface area contributed by atoms with E-state index in [-0.39, 0.29) is 41.6 Å². The van der Waals surface area contributed by atoms with Crippen LogP contribution in [0.3, 0.4) is 0 Å². The van der Waals surface area contributed by atoms with Crippen LogP contribution in [0.2, 0.25) is 0 Å². The monoisotopic (exact) mass is 798 g/mol. The summed E-state index contributed by atoms with van der Waals surface area (Å²) in [7, 11) is 0. The van der Waals surface area contributed by atoms with Crippen LogP contribution < -0.4 is 21.7 Å². The van der Waals surface area contributed by atoms with Crippen LogP contribution in [0.1, 0.15) is 189 Å². The number of unbranched alkanes of at least 4 members (excludes halogenated alkanes) is 2. The van der Waals surface area contributed by atoms with Gasteiger partial charge in [-0.1, -0.05) is 115 Å². The Balaban J connectivity index is 1.85. The Morgan fingerprint density at radius 1 is 0.842 bits per heavy atom. The zero-order valence-corrected chi connectivity index (χ0v) is 36.8. The number of carbonyl (C=O) groups is 3. The van der Waals surface area contributed by atoms with Crippen LogP contribution >= 0.6 is 0 Å². The summed E-state index contributed by atoms with van der Waals surface area (Å²) < 4.78 is 5.66. The second-order valence-corrected chi connectivity index (χ2v) is 18.9. The fraction of sp³-hybridized carbons (Fsp3) is 0.830. The molecule has 0 spiro atoms. The second kappa shape index (κ2) is 24.6. The molecule has 1 amide bonds. The normalized spacial score (nSPS) is 22.9. The fourth-order valence-electron chi connectivity index (χ4n) is 9.22. The summed E-state index contributed by atoms with van der Waals surface area (Å²) in [6.07, 6.45) is 20.7. The molecule has 7 unspecified atom stereocenters. The number of rotatable bonds is 29. The van der Waals surface area contributed by atoms with Crippen LogP contribution in [0, 0.1) is 29.1 Å². The van der Waals surface area contributed by atoms with Crippen LogP contribution in [0.15, 0.2) is 24.3 Å². The van der Waals surface area contributed by atoms with Crippen LogP contribution in [0.25, 0.3) is 0 Å². The molecule has 2 aliphatic carbocycles. The number of Topliss-reactive ketones (excluding diaryl/α,β-unsaturated/α-hetero) is 2. The van der Waals surface area contributed by atoms with Crippen molar-refractivity contribution in [1.82, 2.24) is 16.0 Å². The third-order valence-corrected chi connectivity index (χ3v) is 13.1. The number of hydrogen-bond acceptors (Lipinski definition) is 8. The van der Waals surface area contributed by atoms with Crippen molar-refractivity contribution in [3.8, 4) is 0 Å². The van der Waals surface area contributed by atoms with Crippen LogP contribution in [-0.4, -0.2) is 64.6 Å². The topological polar surface area (TPSA) is 170 Å². The number of hydrogen-bond donors (Lipinski definition) is 6. The van der Waals surface area contributed by atoms with Crippen molar-refractivity contribution in [3.05, 3.63) is 24.3 Å². The van der Waals surface area contributed by atoms with Crippen molar-refractivity contribution in [2.75, 3.05) is 6.61 Å². The zero-order valence-electron chi connectivity index (χ0n) is 36.8. The summed E-state index contributed by atoms with van der Waals surface area (Å²) in [4.78, 5) is 43.3. The molecule has 3 fully saturated rings. The number of amidine groups is 1. The predicted octanol–water partition coefficient (Wildman–Crippen LogP) is 8.94. The maximum atomic E-state index is 14.5. The first-order valence-electron chi connectivity index (χ1n) is 22.9. The molecule has 3 aliphatic rings. The molecule has 326 valence electrons. The Kier molecular flexibility index (Phi) is 21.2. The summed E-state index contributed by atoms with van der Waals surface area (Å²) in [6.45, 7) is 18.6. The fourth-order valence-corrected chi connectivity index (χ4v) is 9.22. The van der Waals surface area contributed by atoms with Crippen molar-refractivity contribution in [3.63, 3.8) is 0 Å². The molecule has 1 saturated heterocycles. The van der Waals surface area contributed by atoms with Gasteiger partial charge in [-0.15, -0.1) is 6.58 Å². The maximum absolute atomic E-state index is 14.5. The molecule has 1 heterocycles. The number of epoxide rings is 1. The van der Waals surface area contributed by atoms with E-state index in [0.717, 1.165) is 94.6 Å². The van der Waals surface area contributed by atoms with Crippen molar-refractivity contribution >= 4 is 23.3 Å². The molecule has 10 heteroatoms. The van der Waals surface area contributed by atoms with Gasteiger partial charge in [0.15, 0.2) is 5.78 Å². The Hall–Kier alpha value is -2.40. The van der Waals surface area contributed by atoms with Crippen molar-refractivity contribution in [1.29, 1.82) is 5.41 Å². The Morgan fingerprint density at radius 2 is 1.42 bits per heavy atom. The van der Waals surface area contributed by atoms with E-state index in [1.54, 1.807) is 6.92 Å². The molecule has 1 aliphatic heterocycles. The molecule has 0 radical (unpaired) electrons. The number of aliphatic hydroxyl groups is 1. The van der Waals surface area contributed by atoms with E-state index in [1.165, 1.54) is 32.1 Å². The van der Waals surface area contributed by atoms with Gasteiger partial charge in [-0.2, -0.15) is 0 Å². The number of ketones is 2. The molecule has 0 aromatic rings. The van der Waals surface area contributed by atoms with E-state index in [0.29, 0.717) is 50.5 Å². The second-order valence-electron chi connectivity index (χ2n) is 18.9. The molecular weight excluding hydrogens is 715 g/mol. The van der Waals surface area contributed by atoms with Gasteiger partial charge in [0.25, 0.3) is 0 Å². The highest BCUT2D eigenvalue weighted by atomic mass is 16.6. The van der Waals surface area contributed by atoms with E-state index in [2.05, 4.69) is 36.0 Å². The first-order chi connectivity index (χ1) is 27.0. The smallest absolute Gasteiger partial charge is 0.237 e. The Morgan fingerprint density at radius 3 is 1.96 bits per heavy atom. The van der Waals surface area contributed by atoms with Crippen molar-refractivity contribution in [2.24, 2.45) is 29.4 Å². The largest absolute Gasteiger partial charge is 0.388 e. The minimum Gasteiger partial charge on any atom is -0.388 e. The lowest BCUT2D eigenvalue weighted by Gasteiger charge is -2.39. The average molecular weight is 798 g/mol. The zero-order chi connectivity index (χ0) is 42.0. The molecule has 0 aromatic carbocycles. The molecule has 3 rings (SSSR count). The molecule has 57 heavy (non-hydrogen) atoms. The lowest BCUT2D eigenvalue weighted by molar-refractivity contribution is -0.133. The lowest BCUT2D eigenvalue weighted by atomic mass is 9.79.